The summed E-state index contributed by atoms with van der Waals surface area (Å²) in [6.45, 7) is 0.657. The molecule has 2 heterocycles. The first kappa shape index (κ1) is 10.4. The molecule has 0 spiro atoms. The average molecular weight is 244 g/mol. The third-order valence-electron chi connectivity index (χ3n) is 2.91. The van der Waals surface area contributed by atoms with Gasteiger partial charge in [0, 0.05) is 16.8 Å². The van der Waals surface area contributed by atoms with E-state index in [1.54, 1.807) is 0 Å². The van der Waals surface area contributed by atoms with Crippen LogP contribution in [-0.2, 0) is 6.54 Å². The molecule has 0 saturated heterocycles. The Labute approximate surface area is 104 Å². The van der Waals surface area contributed by atoms with E-state index in [2.05, 4.69) is 0 Å². The third-order valence-corrected chi connectivity index (χ3v) is 3.16. The van der Waals surface area contributed by atoms with Crippen molar-refractivity contribution >= 4 is 23.5 Å². The van der Waals surface area contributed by atoms with Gasteiger partial charge in [0.1, 0.15) is 0 Å². The Morgan fingerprint density at radius 3 is 2.65 bits per heavy atom. The molecule has 0 N–H and O–H groups in total. The first-order chi connectivity index (χ1) is 8.24. The lowest BCUT2D eigenvalue weighted by molar-refractivity contribution is 0.103. The van der Waals surface area contributed by atoms with E-state index < -0.39 is 0 Å². The molecule has 1 aliphatic rings. The van der Waals surface area contributed by atoms with E-state index in [-0.39, 0.29) is 5.78 Å². The van der Waals surface area contributed by atoms with Crippen molar-refractivity contribution in [3.8, 4) is 0 Å². The number of carbonyl (C=O) groups excluding carboxylic acids is 1. The summed E-state index contributed by atoms with van der Waals surface area (Å²) in [5.41, 5.74) is 2.59. The van der Waals surface area contributed by atoms with Crippen LogP contribution in [0.1, 0.15) is 16.1 Å². The minimum Gasteiger partial charge on any atom is -0.340 e. The molecule has 1 aromatic heterocycles. The zero-order valence-electron chi connectivity index (χ0n) is 9.06. The Kier molecular flexibility index (Phi) is 2.37. The number of hydrogen-bond donors (Lipinski definition) is 0. The lowest BCUT2D eigenvalue weighted by Gasteiger charge is -1.97. The molecule has 2 nitrogen and oxygen atoms in total. The summed E-state index contributed by atoms with van der Waals surface area (Å²) < 4.78 is 1.96. The molecule has 1 aliphatic heterocycles. The monoisotopic (exact) mass is 243 g/mol. The van der Waals surface area contributed by atoms with Gasteiger partial charge in [0.05, 0.1) is 12.2 Å². The Hall–Kier alpha value is -1.80. The van der Waals surface area contributed by atoms with E-state index in [1.807, 2.05) is 53.2 Å². The van der Waals surface area contributed by atoms with E-state index in [4.69, 9.17) is 11.6 Å². The molecule has 2 aromatic rings. The van der Waals surface area contributed by atoms with Crippen LogP contribution in [0.3, 0.4) is 0 Å². The molecule has 0 radical (unpaired) electrons. The molecule has 0 amide bonds. The largest absolute Gasteiger partial charge is 0.340 e. The van der Waals surface area contributed by atoms with Crippen LogP contribution in [0.2, 0.25) is 5.02 Å². The number of benzene rings is 1. The van der Waals surface area contributed by atoms with Gasteiger partial charge in [0.25, 0.3) is 0 Å². The average Bonchev–Trinajstić information content (AvgIpc) is 2.87. The summed E-state index contributed by atoms with van der Waals surface area (Å²) in [5, 5.41) is 0.705. The van der Waals surface area contributed by atoms with Gasteiger partial charge in [-0.05, 0) is 35.9 Å². The Morgan fingerprint density at radius 1 is 1.18 bits per heavy atom. The number of fused-ring (bicyclic) bond motifs is 1. The van der Waals surface area contributed by atoms with Crippen molar-refractivity contribution in [1.29, 1.82) is 0 Å². The van der Waals surface area contributed by atoms with E-state index in [0.717, 1.165) is 16.8 Å². The van der Waals surface area contributed by atoms with Crippen LogP contribution in [0.15, 0.2) is 48.2 Å². The maximum absolute atomic E-state index is 12.0. The number of rotatable bonds is 1. The molecule has 17 heavy (non-hydrogen) atoms. The molecule has 0 atom stereocenters. The summed E-state index contributed by atoms with van der Waals surface area (Å²) in [7, 11) is 0. The van der Waals surface area contributed by atoms with Crippen LogP contribution in [0, 0.1) is 0 Å². The number of hydrogen-bond acceptors (Lipinski definition) is 1. The van der Waals surface area contributed by atoms with E-state index in [9.17, 15) is 4.79 Å². The van der Waals surface area contributed by atoms with Crippen LogP contribution < -0.4 is 0 Å². The number of nitrogens with zero attached hydrogens (tertiary/aromatic N) is 1. The standard InChI is InChI=1S/C14H10ClNO/c15-12-5-3-10(4-6-12)8-11-9-16-7-1-2-13(16)14(11)17/h1-8H,9H2. The fourth-order valence-corrected chi connectivity index (χ4v) is 2.18. The summed E-state index contributed by atoms with van der Waals surface area (Å²) >= 11 is 5.82. The molecule has 3 heteroatoms. The minimum absolute atomic E-state index is 0.116. The van der Waals surface area contributed by atoms with Crippen LogP contribution in [0.5, 0.6) is 0 Å². The highest BCUT2D eigenvalue weighted by atomic mass is 35.5. The van der Waals surface area contributed by atoms with Crippen molar-refractivity contribution < 1.29 is 4.79 Å². The maximum atomic E-state index is 12.0. The van der Waals surface area contributed by atoms with Gasteiger partial charge in [-0.25, -0.2) is 0 Å². The van der Waals surface area contributed by atoms with Gasteiger partial charge in [-0.2, -0.15) is 0 Å². The minimum atomic E-state index is 0.116. The van der Waals surface area contributed by atoms with Gasteiger partial charge in [-0.15, -0.1) is 0 Å². The third kappa shape index (κ3) is 1.81. The van der Waals surface area contributed by atoms with Crippen molar-refractivity contribution in [2.24, 2.45) is 0 Å². The predicted octanol–water partition coefficient (Wildman–Crippen LogP) is 3.42. The number of allylic oxidation sites excluding steroid dienone is 1. The lowest BCUT2D eigenvalue weighted by Crippen LogP contribution is -1.94. The Morgan fingerprint density at radius 2 is 1.94 bits per heavy atom. The molecule has 1 aromatic carbocycles. The lowest BCUT2D eigenvalue weighted by atomic mass is 10.1. The smallest absolute Gasteiger partial charge is 0.207 e. The van der Waals surface area contributed by atoms with Crippen LogP contribution in [-0.4, -0.2) is 10.4 Å². The second-order valence-electron chi connectivity index (χ2n) is 4.07. The molecular weight excluding hydrogens is 234 g/mol. The Balaban J connectivity index is 1.95. The normalized spacial score (nSPS) is 16.5. The van der Waals surface area contributed by atoms with E-state index >= 15 is 0 Å². The number of carbonyl (C=O) groups is 1. The summed E-state index contributed by atoms with van der Waals surface area (Å²) in [5.74, 6) is 0.116. The zero-order chi connectivity index (χ0) is 11.8. The highest BCUT2D eigenvalue weighted by molar-refractivity contribution is 6.30. The van der Waals surface area contributed by atoms with Gasteiger partial charge >= 0.3 is 0 Å². The first-order valence-corrected chi connectivity index (χ1v) is 5.78. The molecule has 0 fully saturated rings. The molecule has 0 unspecified atom stereocenters. The SMILES string of the molecule is O=C1C(=Cc2ccc(Cl)cc2)Cn2cccc21. The van der Waals surface area contributed by atoms with Crippen molar-refractivity contribution in [3.05, 3.63) is 64.4 Å². The second kappa shape index (κ2) is 3.90. The number of halogens is 1. The molecule has 84 valence electrons. The number of aromatic nitrogens is 1. The van der Waals surface area contributed by atoms with Gasteiger partial charge in [-0.1, -0.05) is 23.7 Å². The molecule has 0 aliphatic carbocycles. The van der Waals surface area contributed by atoms with Crippen LogP contribution >= 0.6 is 11.6 Å². The number of Topliss-reactive ketones (excluding diaryl/α,β-unsaturated/α-hetero) is 1. The van der Waals surface area contributed by atoms with Crippen molar-refractivity contribution in [1.82, 2.24) is 4.57 Å². The van der Waals surface area contributed by atoms with Gasteiger partial charge < -0.3 is 4.57 Å². The maximum Gasteiger partial charge on any atom is 0.207 e. The highest BCUT2D eigenvalue weighted by Gasteiger charge is 2.23. The van der Waals surface area contributed by atoms with Gasteiger partial charge in [0.2, 0.25) is 5.78 Å². The van der Waals surface area contributed by atoms with Crippen molar-refractivity contribution in [2.75, 3.05) is 0 Å². The second-order valence-corrected chi connectivity index (χ2v) is 4.51. The zero-order valence-corrected chi connectivity index (χ0v) is 9.82. The Bertz CT molecular complexity index is 607. The summed E-state index contributed by atoms with van der Waals surface area (Å²) in [4.78, 5) is 12.0. The van der Waals surface area contributed by atoms with Gasteiger partial charge in [0.15, 0.2) is 0 Å². The predicted molar refractivity (Wildman–Crippen MR) is 68.2 cm³/mol. The van der Waals surface area contributed by atoms with E-state index in [0.29, 0.717) is 11.6 Å². The van der Waals surface area contributed by atoms with Crippen molar-refractivity contribution in [3.63, 3.8) is 0 Å². The topological polar surface area (TPSA) is 22.0 Å². The van der Waals surface area contributed by atoms with E-state index in [1.165, 1.54) is 0 Å². The number of ketones is 1. The fourth-order valence-electron chi connectivity index (χ4n) is 2.05. The van der Waals surface area contributed by atoms with Crippen LogP contribution in [0.4, 0.5) is 0 Å². The summed E-state index contributed by atoms with van der Waals surface area (Å²) in [6.07, 6.45) is 3.85. The molecule has 3 rings (SSSR count). The quantitative estimate of drug-likeness (QED) is 0.704. The fraction of sp³-hybridized carbons (Fsp3) is 0.0714. The molecular formula is C14H10ClNO. The highest BCUT2D eigenvalue weighted by Crippen LogP contribution is 2.23. The van der Waals surface area contributed by atoms with Gasteiger partial charge in [-0.3, -0.25) is 4.79 Å². The molecule has 0 bridgehead atoms. The summed E-state index contributed by atoms with van der Waals surface area (Å²) in [6, 6.07) is 11.2. The van der Waals surface area contributed by atoms with Crippen molar-refractivity contribution in [2.45, 2.75) is 6.54 Å². The van der Waals surface area contributed by atoms with Crippen LogP contribution in [0.25, 0.3) is 6.08 Å². The molecule has 0 saturated carbocycles. The first-order valence-electron chi connectivity index (χ1n) is 5.40.